The largest absolute Gasteiger partial charge is 0.478 e. The van der Waals surface area contributed by atoms with Crippen LogP contribution in [0.1, 0.15) is 89.3 Å². The number of amides is 2. The normalized spacial score (nSPS) is 23.7. The summed E-state index contributed by atoms with van der Waals surface area (Å²) < 4.78 is 42.7. The summed E-state index contributed by atoms with van der Waals surface area (Å²) in [5, 5.41) is 14.6. The van der Waals surface area contributed by atoms with E-state index in [1.807, 2.05) is 15.9 Å². The number of carboxylic acid groups (broad SMARTS) is 1. The minimum absolute atomic E-state index is 0.0137. The molecule has 2 aliphatic heterocycles. The second-order valence-electron chi connectivity index (χ2n) is 15.6. The number of hydrogen-bond acceptors (Lipinski definition) is 4. The van der Waals surface area contributed by atoms with E-state index in [1.165, 1.54) is 12.1 Å². The quantitative estimate of drug-likeness (QED) is 0.250. The van der Waals surface area contributed by atoms with Gasteiger partial charge in [-0.1, -0.05) is 56.3 Å². The fraction of sp³-hybridized carbons (Fsp3) is 0.487. The maximum Gasteiger partial charge on any atom is 0.336 e. The predicted molar refractivity (Wildman–Crippen MR) is 180 cm³/mol. The lowest BCUT2D eigenvalue weighted by Gasteiger charge is -2.50. The van der Waals surface area contributed by atoms with Crippen LogP contribution in [-0.4, -0.2) is 74.6 Å². The lowest BCUT2D eigenvalue weighted by molar-refractivity contribution is -0.146. The van der Waals surface area contributed by atoms with Gasteiger partial charge in [0, 0.05) is 62.5 Å². The van der Waals surface area contributed by atoms with Crippen LogP contribution in [0, 0.1) is 28.5 Å². The van der Waals surface area contributed by atoms with Gasteiger partial charge in [-0.25, -0.2) is 18.0 Å². The van der Waals surface area contributed by atoms with Gasteiger partial charge in [-0.05, 0) is 65.8 Å². The molecule has 2 amide bonds. The van der Waals surface area contributed by atoms with Gasteiger partial charge in [-0.3, -0.25) is 14.3 Å². The molecule has 4 fully saturated rings. The van der Waals surface area contributed by atoms with Crippen molar-refractivity contribution in [2.45, 2.75) is 70.8 Å². The van der Waals surface area contributed by atoms with Crippen molar-refractivity contribution in [3.63, 3.8) is 0 Å². The van der Waals surface area contributed by atoms with Crippen LogP contribution in [-0.2, 0) is 17.8 Å². The smallest absolute Gasteiger partial charge is 0.336 e. The van der Waals surface area contributed by atoms with Crippen molar-refractivity contribution in [3.8, 4) is 0 Å². The molecule has 0 bridgehead atoms. The summed E-state index contributed by atoms with van der Waals surface area (Å²) in [6, 6.07) is 11.5. The number of hydrogen-bond donors (Lipinski definition) is 1. The highest BCUT2D eigenvalue weighted by Gasteiger charge is 2.59. The monoisotopic (exact) mass is 688 g/mol. The third kappa shape index (κ3) is 6.71. The standard InChI is InChI=1S/C39H43F3N4O4/c1-37(2)17-32(37)35(48)45-23-38(24-45)22-44(34(47)28-18-43-46(20-28)19-25-9-11-30(40)12-10-25)21-29(38)7-3-5-27-6-4-8-31(33(27)36(49)50)26-13-15-39(41,42)16-14-26/h3-4,6-12,18,20,26,29,32H,5,13-17,19,21-24H2,1-2H3,(H,49,50)/b7-3-/t29?,32-/m1/s1. The SMILES string of the molecule is CC1(C)C[C@@H]1C(=O)N1CC2(CN(C(=O)c3cnn(Cc4ccc(F)cc4)c3)CC2/C=C\Cc2cccc(C3CCC(F)(F)CC3)c2C(=O)O)C1. The molecule has 50 heavy (non-hydrogen) atoms. The van der Waals surface area contributed by atoms with Crippen LogP contribution in [0.4, 0.5) is 13.2 Å². The van der Waals surface area contributed by atoms with E-state index in [1.54, 1.807) is 47.4 Å². The Morgan fingerprint density at radius 3 is 2.34 bits per heavy atom. The van der Waals surface area contributed by atoms with E-state index < -0.39 is 11.9 Å². The fourth-order valence-corrected chi connectivity index (χ4v) is 8.35. The summed E-state index contributed by atoms with van der Waals surface area (Å²) >= 11 is 0. The summed E-state index contributed by atoms with van der Waals surface area (Å²) in [6.45, 7) is 6.61. The summed E-state index contributed by atoms with van der Waals surface area (Å²) in [4.78, 5) is 43.3. The number of carboxylic acids is 1. The second-order valence-corrected chi connectivity index (χ2v) is 15.6. The number of aromatic carboxylic acids is 1. The Morgan fingerprint density at radius 2 is 1.68 bits per heavy atom. The third-order valence-electron chi connectivity index (χ3n) is 11.5. The number of rotatable bonds is 9. The van der Waals surface area contributed by atoms with Crippen molar-refractivity contribution in [2.24, 2.45) is 22.7 Å². The number of carbonyl (C=O) groups is 3. The highest BCUT2D eigenvalue weighted by Crippen LogP contribution is 2.55. The topological polar surface area (TPSA) is 95.7 Å². The first-order valence-electron chi connectivity index (χ1n) is 17.5. The number of allylic oxidation sites excluding steroid dienone is 1. The van der Waals surface area contributed by atoms with E-state index >= 15 is 0 Å². The van der Waals surface area contributed by atoms with Crippen molar-refractivity contribution in [1.29, 1.82) is 0 Å². The Bertz CT molecular complexity index is 1820. The van der Waals surface area contributed by atoms with Gasteiger partial charge in [-0.2, -0.15) is 5.10 Å². The van der Waals surface area contributed by atoms with E-state index in [4.69, 9.17) is 0 Å². The minimum Gasteiger partial charge on any atom is -0.478 e. The molecule has 2 aliphatic carbocycles. The molecule has 2 atom stereocenters. The Hall–Kier alpha value is -4.41. The Balaban J connectivity index is 1.08. The van der Waals surface area contributed by atoms with E-state index in [-0.39, 0.29) is 77.5 Å². The lowest BCUT2D eigenvalue weighted by Crippen LogP contribution is -2.62. The molecule has 2 aromatic carbocycles. The third-order valence-corrected chi connectivity index (χ3v) is 11.5. The molecular formula is C39H43F3N4O4. The van der Waals surface area contributed by atoms with Crippen molar-refractivity contribution in [1.82, 2.24) is 19.6 Å². The number of likely N-dealkylation sites (tertiary alicyclic amines) is 2. The molecule has 1 spiro atoms. The van der Waals surface area contributed by atoms with E-state index in [2.05, 4.69) is 25.0 Å². The summed E-state index contributed by atoms with van der Waals surface area (Å²) in [6.07, 6.45) is 8.48. The molecule has 3 aromatic rings. The molecule has 1 unspecified atom stereocenters. The number of alkyl halides is 2. The molecule has 1 aromatic heterocycles. The van der Waals surface area contributed by atoms with Gasteiger partial charge in [-0.15, -0.1) is 0 Å². The number of aromatic nitrogens is 2. The summed E-state index contributed by atoms with van der Waals surface area (Å²) in [5.41, 5.74) is 2.42. The average molecular weight is 689 g/mol. The van der Waals surface area contributed by atoms with Crippen molar-refractivity contribution in [3.05, 3.63) is 101 Å². The molecule has 8 nitrogen and oxygen atoms in total. The van der Waals surface area contributed by atoms with Gasteiger partial charge in [0.15, 0.2) is 0 Å². The first-order valence-corrected chi connectivity index (χ1v) is 17.5. The Kier molecular flexibility index (Phi) is 8.67. The molecule has 1 N–H and O–H groups in total. The zero-order valence-corrected chi connectivity index (χ0v) is 28.5. The summed E-state index contributed by atoms with van der Waals surface area (Å²) in [7, 11) is 0. The zero-order chi connectivity index (χ0) is 35.4. The zero-order valence-electron chi connectivity index (χ0n) is 28.5. The number of carbonyl (C=O) groups excluding carboxylic acids is 2. The van der Waals surface area contributed by atoms with Gasteiger partial charge in [0.2, 0.25) is 11.8 Å². The number of halogens is 3. The highest BCUT2D eigenvalue weighted by atomic mass is 19.3. The van der Waals surface area contributed by atoms with Crippen LogP contribution in [0.25, 0.3) is 0 Å². The molecule has 2 saturated heterocycles. The van der Waals surface area contributed by atoms with Crippen LogP contribution in [0.2, 0.25) is 0 Å². The van der Waals surface area contributed by atoms with Gasteiger partial charge in [0.05, 0.1) is 23.9 Å². The molecule has 264 valence electrons. The molecule has 0 radical (unpaired) electrons. The Morgan fingerprint density at radius 1 is 1.00 bits per heavy atom. The van der Waals surface area contributed by atoms with Crippen LogP contribution in [0.15, 0.2) is 67.0 Å². The van der Waals surface area contributed by atoms with Gasteiger partial charge < -0.3 is 14.9 Å². The fourth-order valence-electron chi connectivity index (χ4n) is 8.35. The number of nitrogens with zero attached hydrogens (tertiary/aromatic N) is 4. The van der Waals surface area contributed by atoms with Gasteiger partial charge in [0.1, 0.15) is 5.82 Å². The lowest BCUT2D eigenvalue weighted by atomic mass is 9.71. The predicted octanol–water partition coefficient (Wildman–Crippen LogP) is 6.81. The maximum atomic E-state index is 13.9. The second kappa shape index (κ2) is 12.7. The minimum atomic E-state index is -2.70. The maximum absolute atomic E-state index is 13.9. The Labute approximate surface area is 289 Å². The summed E-state index contributed by atoms with van der Waals surface area (Å²) in [5.74, 6) is -4.33. The first-order chi connectivity index (χ1) is 23.7. The van der Waals surface area contributed by atoms with Crippen LogP contribution >= 0.6 is 0 Å². The van der Waals surface area contributed by atoms with E-state index in [9.17, 15) is 32.7 Å². The number of benzene rings is 2. The molecule has 7 rings (SSSR count). The van der Waals surface area contributed by atoms with Crippen molar-refractivity contribution in [2.75, 3.05) is 26.2 Å². The molecule has 2 saturated carbocycles. The highest BCUT2D eigenvalue weighted by molar-refractivity contribution is 5.94. The van der Waals surface area contributed by atoms with Crippen molar-refractivity contribution >= 4 is 17.8 Å². The molecule has 11 heteroatoms. The van der Waals surface area contributed by atoms with E-state index in [0.29, 0.717) is 55.8 Å². The van der Waals surface area contributed by atoms with E-state index in [0.717, 1.165) is 12.0 Å². The average Bonchev–Trinajstić information content (AvgIpc) is 3.35. The van der Waals surface area contributed by atoms with Crippen LogP contribution < -0.4 is 0 Å². The van der Waals surface area contributed by atoms with Gasteiger partial charge >= 0.3 is 5.97 Å². The van der Waals surface area contributed by atoms with Crippen LogP contribution in [0.3, 0.4) is 0 Å². The van der Waals surface area contributed by atoms with Gasteiger partial charge in [0.25, 0.3) is 5.91 Å². The van der Waals surface area contributed by atoms with Crippen LogP contribution in [0.5, 0.6) is 0 Å². The first kappa shape index (κ1) is 34.1. The molecular weight excluding hydrogens is 645 g/mol. The van der Waals surface area contributed by atoms with Crippen molar-refractivity contribution < 1.29 is 32.7 Å². The molecule has 3 heterocycles. The molecule has 4 aliphatic rings.